The molecule has 1 aliphatic rings. The van der Waals surface area contributed by atoms with Crippen molar-refractivity contribution in [3.05, 3.63) is 54.6 Å². The first-order chi connectivity index (χ1) is 15.3. The molecule has 180 valence electrons. The van der Waals surface area contributed by atoms with Gasteiger partial charge in [0, 0.05) is 6.92 Å². The number of hydrogen-bond acceptors (Lipinski definition) is 8. The van der Waals surface area contributed by atoms with Gasteiger partial charge in [-0.3, -0.25) is 8.98 Å². The quantitative estimate of drug-likeness (QED) is 0.405. The Morgan fingerprint density at radius 2 is 1.67 bits per heavy atom. The standard InChI is InChI=1S/C18H17Cl3N2O8S2/c1-12(24)30-17-16(22-33(27,28)29-11-18(19,20)21)31-15-10-6-5-9-14(15)23(17)32(25,26)13-7-3-2-4-8-13/h2-10,16-17,22H,11H2,1H3/t16-,17+/m1/s1. The van der Waals surface area contributed by atoms with Crippen molar-refractivity contribution in [1.82, 2.24) is 4.72 Å². The monoisotopic (exact) mass is 558 g/mol. The van der Waals surface area contributed by atoms with Gasteiger partial charge in [-0.2, -0.15) is 8.42 Å². The number of halogens is 3. The van der Waals surface area contributed by atoms with Crippen LogP contribution in [-0.2, 0) is 34.0 Å². The Morgan fingerprint density at radius 1 is 1.06 bits per heavy atom. The number of carbonyl (C=O) groups is 1. The first-order valence-corrected chi connectivity index (χ1v) is 13.0. The average molecular weight is 560 g/mol. The van der Waals surface area contributed by atoms with Crippen LogP contribution in [0.5, 0.6) is 5.75 Å². The van der Waals surface area contributed by atoms with Crippen molar-refractivity contribution in [3.63, 3.8) is 0 Å². The third kappa shape index (κ3) is 6.41. The smallest absolute Gasteiger partial charge is 0.339 e. The molecule has 0 amide bonds. The highest BCUT2D eigenvalue weighted by Gasteiger charge is 2.47. The molecular weight excluding hydrogens is 543 g/mol. The number of para-hydroxylation sites is 2. The summed E-state index contributed by atoms with van der Waals surface area (Å²) in [5.74, 6) is -0.905. The molecule has 0 bridgehead atoms. The maximum atomic E-state index is 13.5. The molecule has 2 aromatic rings. The predicted molar refractivity (Wildman–Crippen MR) is 121 cm³/mol. The highest BCUT2D eigenvalue weighted by molar-refractivity contribution is 7.92. The maximum absolute atomic E-state index is 13.5. The highest BCUT2D eigenvalue weighted by atomic mass is 35.6. The Bertz CT molecular complexity index is 1220. The molecule has 0 saturated heterocycles. The number of anilines is 1. The molecule has 2 aromatic carbocycles. The van der Waals surface area contributed by atoms with Crippen molar-refractivity contribution in [1.29, 1.82) is 0 Å². The lowest BCUT2D eigenvalue weighted by molar-refractivity contribution is -0.151. The molecule has 10 nitrogen and oxygen atoms in total. The van der Waals surface area contributed by atoms with E-state index >= 15 is 0 Å². The van der Waals surface area contributed by atoms with Gasteiger partial charge in [-0.25, -0.2) is 12.7 Å². The summed E-state index contributed by atoms with van der Waals surface area (Å²) in [5.41, 5.74) is 0.0188. The number of esters is 1. The van der Waals surface area contributed by atoms with E-state index in [1.807, 2.05) is 4.72 Å². The van der Waals surface area contributed by atoms with Crippen LogP contribution in [-0.4, -0.2) is 45.7 Å². The number of benzene rings is 2. The molecule has 0 saturated carbocycles. The van der Waals surface area contributed by atoms with Crippen molar-refractivity contribution in [2.45, 2.75) is 28.1 Å². The van der Waals surface area contributed by atoms with Gasteiger partial charge in [-0.1, -0.05) is 65.1 Å². The minimum absolute atomic E-state index is 0.00511. The molecule has 0 fully saturated rings. The van der Waals surface area contributed by atoms with Crippen molar-refractivity contribution in [2.75, 3.05) is 10.9 Å². The number of rotatable bonds is 7. The Balaban J connectivity index is 2.08. The van der Waals surface area contributed by atoms with Crippen LogP contribution in [0.15, 0.2) is 59.5 Å². The second-order valence-corrected chi connectivity index (χ2v) is 12.3. The van der Waals surface area contributed by atoms with Crippen LogP contribution in [0.25, 0.3) is 0 Å². The molecule has 1 aliphatic heterocycles. The lowest BCUT2D eigenvalue weighted by atomic mass is 10.2. The Hall–Kier alpha value is -1.80. The maximum Gasteiger partial charge on any atom is 0.339 e. The van der Waals surface area contributed by atoms with Crippen LogP contribution in [0.1, 0.15) is 6.92 Å². The predicted octanol–water partition coefficient (Wildman–Crippen LogP) is 2.71. The minimum atomic E-state index is -4.66. The summed E-state index contributed by atoms with van der Waals surface area (Å²) in [6, 6.07) is 13.2. The second-order valence-electron chi connectivity index (χ2n) is 6.57. The van der Waals surface area contributed by atoms with Gasteiger partial charge in [-0.05, 0) is 24.3 Å². The lowest BCUT2D eigenvalue weighted by Gasteiger charge is -2.40. The SMILES string of the molecule is CC(=O)O[C@H]1[C@H](NS(=O)(=O)OCC(Cl)(Cl)Cl)Oc2ccccc2N1S(=O)(=O)c1ccccc1. The Morgan fingerprint density at radius 3 is 2.27 bits per heavy atom. The fraction of sp³-hybridized carbons (Fsp3) is 0.278. The fourth-order valence-corrected chi connectivity index (χ4v) is 5.62. The Labute approximate surface area is 205 Å². The molecular formula is C18H17Cl3N2O8S2. The first-order valence-electron chi connectivity index (χ1n) is 9.06. The van der Waals surface area contributed by atoms with Gasteiger partial charge in [-0.15, -0.1) is 4.72 Å². The zero-order chi connectivity index (χ0) is 24.4. The van der Waals surface area contributed by atoms with Gasteiger partial charge in [0.2, 0.25) is 16.2 Å². The van der Waals surface area contributed by atoms with E-state index in [1.54, 1.807) is 12.1 Å². The summed E-state index contributed by atoms with van der Waals surface area (Å²) < 4.78 is 68.0. The van der Waals surface area contributed by atoms with Crippen LogP contribution in [0.2, 0.25) is 0 Å². The third-order valence-electron chi connectivity index (χ3n) is 4.07. The second kappa shape index (κ2) is 9.82. The van der Waals surface area contributed by atoms with Gasteiger partial charge in [0.1, 0.15) is 12.4 Å². The van der Waals surface area contributed by atoms with Crippen LogP contribution >= 0.6 is 34.8 Å². The van der Waals surface area contributed by atoms with Gasteiger partial charge in [0.15, 0.2) is 0 Å². The topological polar surface area (TPSA) is 128 Å². The van der Waals surface area contributed by atoms with E-state index in [1.165, 1.54) is 42.5 Å². The molecule has 0 spiro atoms. The minimum Gasteiger partial charge on any atom is -0.466 e. The zero-order valence-corrected chi connectivity index (χ0v) is 20.6. The Kier molecular flexibility index (Phi) is 7.68. The van der Waals surface area contributed by atoms with Gasteiger partial charge >= 0.3 is 16.3 Å². The number of nitrogens with one attached hydrogen (secondary N) is 1. The zero-order valence-electron chi connectivity index (χ0n) is 16.7. The molecule has 0 aromatic heterocycles. The highest BCUT2D eigenvalue weighted by Crippen LogP contribution is 2.40. The molecule has 2 atom stereocenters. The van der Waals surface area contributed by atoms with E-state index in [2.05, 4.69) is 4.18 Å². The molecule has 15 heteroatoms. The summed E-state index contributed by atoms with van der Waals surface area (Å²) in [7, 11) is -9.02. The van der Waals surface area contributed by atoms with Crippen LogP contribution < -0.4 is 13.8 Å². The summed E-state index contributed by atoms with van der Waals surface area (Å²) in [6.07, 6.45) is -3.53. The molecule has 0 aliphatic carbocycles. The van der Waals surface area contributed by atoms with E-state index in [-0.39, 0.29) is 16.3 Å². The van der Waals surface area contributed by atoms with E-state index < -0.39 is 49.2 Å². The summed E-state index contributed by atoms with van der Waals surface area (Å²) in [5, 5.41) is 0. The average Bonchev–Trinajstić information content (AvgIpc) is 2.72. The van der Waals surface area contributed by atoms with E-state index in [4.69, 9.17) is 44.3 Å². The number of hydrogen-bond donors (Lipinski definition) is 1. The van der Waals surface area contributed by atoms with E-state index in [0.717, 1.165) is 11.2 Å². The number of alkyl halides is 3. The van der Waals surface area contributed by atoms with Crippen LogP contribution in [0.3, 0.4) is 0 Å². The van der Waals surface area contributed by atoms with Crippen LogP contribution in [0.4, 0.5) is 5.69 Å². The molecule has 3 rings (SSSR count). The number of fused-ring (bicyclic) bond motifs is 1. The van der Waals surface area contributed by atoms with Crippen molar-refractivity contribution >= 4 is 66.8 Å². The van der Waals surface area contributed by atoms with E-state index in [0.29, 0.717) is 0 Å². The van der Waals surface area contributed by atoms with Crippen molar-refractivity contribution in [2.24, 2.45) is 0 Å². The first kappa shape index (κ1) is 25.8. The van der Waals surface area contributed by atoms with Gasteiger partial charge in [0.05, 0.1) is 10.6 Å². The lowest BCUT2D eigenvalue weighted by Crippen LogP contribution is -2.60. The summed E-state index contributed by atoms with van der Waals surface area (Å²) in [6.45, 7) is 0.180. The third-order valence-corrected chi connectivity index (χ3v) is 7.14. The summed E-state index contributed by atoms with van der Waals surface area (Å²) in [4.78, 5) is 11.7. The van der Waals surface area contributed by atoms with Crippen molar-refractivity contribution in [3.8, 4) is 5.75 Å². The largest absolute Gasteiger partial charge is 0.466 e. The van der Waals surface area contributed by atoms with Crippen LogP contribution in [0, 0.1) is 0 Å². The number of nitrogens with zero attached hydrogens (tertiary/aromatic N) is 1. The van der Waals surface area contributed by atoms with E-state index in [9.17, 15) is 21.6 Å². The number of ether oxygens (including phenoxy) is 2. The number of sulfonamides is 1. The van der Waals surface area contributed by atoms with Gasteiger partial charge < -0.3 is 9.47 Å². The molecule has 1 N–H and O–H groups in total. The molecule has 0 radical (unpaired) electrons. The normalized spacial score (nSPS) is 18.8. The molecule has 0 unspecified atom stereocenters. The number of carbonyl (C=O) groups excluding carboxylic acids is 1. The van der Waals surface area contributed by atoms with Gasteiger partial charge in [0.25, 0.3) is 10.0 Å². The van der Waals surface area contributed by atoms with Crippen molar-refractivity contribution < 1.29 is 35.3 Å². The molecule has 33 heavy (non-hydrogen) atoms. The fourth-order valence-electron chi connectivity index (χ4n) is 2.85. The molecule has 1 heterocycles. The summed E-state index contributed by atoms with van der Waals surface area (Å²) >= 11 is 16.6.